The van der Waals surface area contributed by atoms with E-state index in [0.717, 1.165) is 25.7 Å². The summed E-state index contributed by atoms with van der Waals surface area (Å²) >= 11 is 0. The summed E-state index contributed by atoms with van der Waals surface area (Å²) < 4.78 is 33.0. The summed E-state index contributed by atoms with van der Waals surface area (Å²) in [6, 6.07) is 4.94. The van der Waals surface area contributed by atoms with Crippen LogP contribution in [0.1, 0.15) is 39.5 Å². The van der Waals surface area contributed by atoms with E-state index >= 15 is 0 Å². The Kier molecular flexibility index (Phi) is 5.11. The van der Waals surface area contributed by atoms with E-state index < -0.39 is 10.0 Å². The minimum Gasteiger partial charge on any atom is -0.492 e. The number of unbranched alkanes of at least 4 members (excludes halogenated alkanes) is 1. The molecule has 6 heteroatoms. The molecule has 1 fully saturated rings. The van der Waals surface area contributed by atoms with Crippen molar-refractivity contribution < 1.29 is 13.2 Å². The standard InChI is InChI=1S/C15H24N2O3S/c1-3-5-10-17(13-7-8-13)21(18,19)15-11-12(16)6-9-14(15)20-4-2/h6,9,11,13H,3-5,7-8,10,16H2,1-2H3. The predicted octanol–water partition coefficient (Wildman–Crippen LogP) is 2.62. The highest BCUT2D eigenvalue weighted by Gasteiger charge is 2.38. The summed E-state index contributed by atoms with van der Waals surface area (Å²) in [6.45, 7) is 4.88. The van der Waals surface area contributed by atoms with E-state index in [1.54, 1.807) is 16.4 Å². The molecule has 0 atom stereocenters. The fourth-order valence-corrected chi connectivity index (χ4v) is 4.19. The smallest absolute Gasteiger partial charge is 0.247 e. The van der Waals surface area contributed by atoms with Crippen LogP contribution in [0.5, 0.6) is 5.75 Å². The van der Waals surface area contributed by atoms with Crippen molar-refractivity contribution in [3.8, 4) is 5.75 Å². The number of hydrogen-bond acceptors (Lipinski definition) is 4. The molecule has 0 spiro atoms. The number of hydrogen-bond donors (Lipinski definition) is 1. The Hall–Kier alpha value is -1.27. The first-order valence-electron chi connectivity index (χ1n) is 7.54. The maximum absolute atomic E-state index is 13.0. The number of nitrogens with zero attached hydrogens (tertiary/aromatic N) is 1. The van der Waals surface area contributed by atoms with Crippen molar-refractivity contribution in [3.05, 3.63) is 18.2 Å². The first-order chi connectivity index (χ1) is 10.0. The lowest BCUT2D eigenvalue weighted by Crippen LogP contribution is -2.34. The van der Waals surface area contributed by atoms with Crippen molar-refractivity contribution in [1.29, 1.82) is 0 Å². The zero-order valence-electron chi connectivity index (χ0n) is 12.7. The summed E-state index contributed by atoms with van der Waals surface area (Å²) in [4.78, 5) is 0.187. The van der Waals surface area contributed by atoms with Crippen molar-refractivity contribution >= 4 is 15.7 Å². The van der Waals surface area contributed by atoms with E-state index in [9.17, 15) is 8.42 Å². The molecular weight excluding hydrogens is 288 g/mol. The number of rotatable bonds is 8. The monoisotopic (exact) mass is 312 g/mol. The molecule has 0 heterocycles. The molecule has 5 nitrogen and oxygen atoms in total. The molecule has 118 valence electrons. The molecule has 0 saturated heterocycles. The Morgan fingerprint density at radius 3 is 2.62 bits per heavy atom. The number of nitrogens with two attached hydrogens (primary N) is 1. The van der Waals surface area contributed by atoms with Crippen LogP contribution >= 0.6 is 0 Å². The van der Waals surface area contributed by atoms with Gasteiger partial charge < -0.3 is 10.5 Å². The molecule has 1 aromatic carbocycles. The molecule has 1 aliphatic carbocycles. The average molecular weight is 312 g/mol. The number of ether oxygens (including phenoxy) is 1. The van der Waals surface area contributed by atoms with E-state index in [4.69, 9.17) is 10.5 Å². The summed E-state index contributed by atoms with van der Waals surface area (Å²) in [5, 5.41) is 0. The molecule has 0 unspecified atom stereocenters. The van der Waals surface area contributed by atoms with Gasteiger partial charge in [0, 0.05) is 18.3 Å². The Bertz CT molecular complexity index is 583. The van der Waals surface area contributed by atoms with Gasteiger partial charge in [-0.3, -0.25) is 0 Å². The fraction of sp³-hybridized carbons (Fsp3) is 0.600. The molecule has 2 rings (SSSR count). The molecule has 1 saturated carbocycles. The number of sulfonamides is 1. The topological polar surface area (TPSA) is 72.6 Å². The Morgan fingerprint density at radius 2 is 2.05 bits per heavy atom. The predicted molar refractivity (Wildman–Crippen MR) is 83.8 cm³/mol. The van der Waals surface area contributed by atoms with Gasteiger partial charge in [0.25, 0.3) is 0 Å². The third kappa shape index (κ3) is 3.68. The minimum absolute atomic E-state index is 0.137. The first-order valence-corrected chi connectivity index (χ1v) is 8.98. The molecule has 2 N–H and O–H groups in total. The molecule has 21 heavy (non-hydrogen) atoms. The van der Waals surface area contributed by atoms with Crippen LogP contribution < -0.4 is 10.5 Å². The second-order valence-electron chi connectivity index (χ2n) is 5.34. The van der Waals surface area contributed by atoms with E-state index in [1.807, 2.05) is 6.92 Å². The van der Waals surface area contributed by atoms with Crippen LogP contribution in [-0.2, 0) is 10.0 Å². The largest absolute Gasteiger partial charge is 0.492 e. The van der Waals surface area contributed by atoms with Gasteiger partial charge in [-0.2, -0.15) is 4.31 Å². The Balaban J connectivity index is 2.38. The van der Waals surface area contributed by atoms with Gasteiger partial charge in [0.05, 0.1) is 6.61 Å². The van der Waals surface area contributed by atoms with Gasteiger partial charge in [-0.1, -0.05) is 13.3 Å². The highest BCUT2D eigenvalue weighted by Crippen LogP contribution is 2.36. The van der Waals surface area contributed by atoms with Gasteiger partial charge in [-0.25, -0.2) is 8.42 Å². The van der Waals surface area contributed by atoms with Crippen LogP contribution in [0.3, 0.4) is 0 Å². The SMILES string of the molecule is CCCCN(C1CC1)S(=O)(=O)c1cc(N)ccc1OCC. The van der Waals surface area contributed by atoms with Crippen molar-refractivity contribution in [3.63, 3.8) is 0 Å². The van der Waals surface area contributed by atoms with Crippen molar-refractivity contribution in [2.45, 2.75) is 50.5 Å². The van der Waals surface area contributed by atoms with Gasteiger partial charge in [0.15, 0.2) is 0 Å². The second kappa shape index (κ2) is 6.66. The summed E-state index contributed by atoms with van der Waals surface area (Å²) in [5.74, 6) is 0.383. The summed E-state index contributed by atoms with van der Waals surface area (Å²) in [5.41, 5.74) is 6.21. The third-order valence-electron chi connectivity index (χ3n) is 3.54. The van der Waals surface area contributed by atoms with Gasteiger partial charge >= 0.3 is 0 Å². The molecule has 0 amide bonds. The highest BCUT2D eigenvalue weighted by molar-refractivity contribution is 7.89. The number of nitrogen functional groups attached to an aromatic ring is 1. The number of benzene rings is 1. The van der Waals surface area contributed by atoms with Crippen LogP contribution in [-0.4, -0.2) is 31.9 Å². The van der Waals surface area contributed by atoms with E-state index in [2.05, 4.69) is 6.92 Å². The van der Waals surface area contributed by atoms with Crippen LogP contribution in [0.2, 0.25) is 0 Å². The Labute approximate surface area is 127 Å². The summed E-state index contributed by atoms with van der Waals surface area (Å²) in [7, 11) is -3.56. The zero-order valence-corrected chi connectivity index (χ0v) is 13.5. The van der Waals surface area contributed by atoms with Crippen molar-refractivity contribution in [2.24, 2.45) is 0 Å². The lowest BCUT2D eigenvalue weighted by Gasteiger charge is -2.23. The normalized spacial score (nSPS) is 15.4. The second-order valence-corrected chi connectivity index (χ2v) is 7.20. The average Bonchev–Trinajstić information content (AvgIpc) is 3.26. The molecule has 0 radical (unpaired) electrons. The number of anilines is 1. The van der Waals surface area contributed by atoms with Crippen LogP contribution in [0.4, 0.5) is 5.69 Å². The molecule has 0 aromatic heterocycles. The lowest BCUT2D eigenvalue weighted by atomic mass is 10.3. The molecule has 1 aromatic rings. The molecule has 1 aliphatic rings. The van der Waals surface area contributed by atoms with E-state index in [-0.39, 0.29) is 10.9 Å². The molecular formula is C15H24N2O3S. The maximum atomic E-state index is 13.0. The van der Waals surface area contributed by atoms with Crippen LogP contribution in [0, 0.1) is 0 Å². The first kappa shape index (κ1) is 16.1. The molecule has 0 bridgehead atoms. The zero-order chi connectivity index (χ0) is 15.5. The maximum Gasteiger partial charge on any atom is 0.247 e. The van der Waals surface area contributed by atoms with Gasteiger partial charge in [0.1, 0.15) is 10.6 Å². The van der Waals surface area contributed by atoms with Crippen LogP contribution in [0.15, 0.2) is 23.1 Å². The van der Waals surface area contributed by atoms with Crippen molar-refractivity contribution in [1.82, 2.24) is 4.31 Å². The summed E-state index contributed by atoms with van der Waals surface area (Å²) in [6.07, 6.45) is 3.71. The van der Waals surface area contributed by atoms with Gasteiger partial charge in [0.2, 0.25) is 10.0 Å². The van der Waals surface area contributed by atoms with Gasteiger partial charge in [-0.15, -0.1) is 0 Å². The quantitative estimate of drug-likeness (QED) is 0.749. The van der Waals surface area contributed by atoms with Gasteiger partial charge in [-0.05, 0) is 44.4 Å². The van der Waals surface area contributed by atoms with Crippen molar-refractivity contribution in [2.75, 3.05) is 18.9 Å². The van der Waals surface area contributed by atoms with E-state index in [0.29, 0.717) is 24.6 Å². The highest BCUT2D eigenvalue weighted by atomic mass is 32.2. The fourth-order valence-electron chi connectivity index (χ4n) is 2.30. The van der Waals surface area contributed by atoms with Crippen LogP contribution in [0.25, 0.3) is 0 Å². The third-order valence-corrected chi connectivity index (χ3v) is 5.51. The minimum atomic E-state index is -3.56. The lowest BCUT2D eigenvalue weighted by molar-refractivity contribution is 0.328. The van der Waals surface area contributed by atoms with E-state index in [1.165, 1.54) is 6.07 Å². The molecule has 0 aliphatic heterocycles. The Morgan fingerprint density at radius 1 is 1.33 bits per heavy atom.